The Kier molecular flexibility index (Phi) is 4.32. The highest BCUT2D eigenvalue weighted by atomic mass is 35.5. The SMILES string of the molecule is Cc1ccc(C(N)=NO)c(Oc2cc(Cl)ccc2Cl)n1. The third kappa shape index (κ3) is 3.12. The number of pyridine rings is 1. The molecule has 0 amide bonds. The molecule has 2 aromatic rings. The van der Waals surface area contributed by atoms with E-state index in [0.717, 1.165) is 0 Å². The lowest BCUT2D eigenvalue weighted by Crippen LogP contribution is -2.15. The molecular weight excluding hydrogens is 301 g/mol. The van der Waals surface area contributed by atoms with E-state index in [4.69, 9.17) is 38.9 Å². The number of nitrogens with zero attached hydrogens (tertiary/aromatic N) is 2. The fraction of sp³-hybridized carbons (Fsp3) is 0.0769. The third-order valence-electron chi connectivity index (χ3n) is 2.48. The van der Waals surface area contributed by atoms with E-state index in [2.05, 4.69) is 10.1 Å². The van der Waals surface area contributed by atoms with Gasteiger partial charge < -0.3 is 15.7 Å². The van der Waals surface area contributed by atoms with Gasteiger partial charge in [-0.2, -0.15) is 0 Å². The van der Waals surface area contributed by atoms with Crippen LogP contribution in [0.25, 0.3) is 0 Å². The van der Waals surface area contributed by atoms with Gasteiger partial charge in [0.05, 0.1) is 10.6 Å². The first-order chi connectivity index (χ1) is 9.51. The molecule has 0 spiro atoms. The molecule has 104 valence electrons. The molecule has 0 saturated heterocycles. The van der Waals surface area contributed by atoms with Crippen LogP contribution in [0.5, 0.6) is 11.6 Å². The minimum absolute atomic E-state index is 0.106. The van der Waals surface area contributed by atoms with Crippen LogP contribution in [0.4, 0.5) is 0 Å². The number of hydrogen-bond acceptors (Lipinski definition) is 4. The Bertz CT molecular complexity index is 675. The van der Waals surface area contributed by atoms with E-state index in [1.165, 1.54) is 0 Å². The fourth-order valence-corrected chi connectivity index (χ4v) is 1.84. The van der Waals surface area contributed by atoms with Gasteiger partial charge in [0.2, 0.25) is 5.88 Å². The van der Waals surface area contributed by atoms with Crippen LogP contribution in [0.1, 0.15) is 11.3 Å². The monoisotopic (exact) mass is 311 g/mol. The van der Waals surface area contributed by atoms with Gasteiger partial charge in [-0.15, -0.1) is 0 Å². The summed E-state index contributed by atoms with van der Waals surface area (Å²) in [6, 6.07) is 8.18. The van der Waals surface area contributed by atoms with Gasteiger partial charge in [-0.3, -0.25) is 0 Å². The van der Waals surface area contributed by atoms with Gasteiger partial charge in [0.15, 0.2) is 5.84 Å². The number of rotatable bonds is 3. The summed E-state index contributed by atoms with van der Waals surface area (Å²) in [6.45, 7) is 1.79. The lowest BCUT2D eigenvalue weighted by molar-refractivity contribution is 0.318. The van der Waals surface area contributed by atoms with Crippen molar-refractivity contribution < 1.29 is 9.94 Å². The molecule has 2 rings (SSSR count). The van der Waals surface area contributed by atoms with E-state index in [1.54, 1.807) is 37.3 Å². The number of oxime groups is 1. The summed E-state index contributed by atoms with van der Waals surface area (Å²) in [5, 5.41) is 12.6. The van der Waals surface area contributed by atoms with Crippen molar-refractivity contribution >= 4 is 29.0 Å². The van der Waals surface area contributed by atoms with Crippen LogP contribution in [0.2, 0.25) is 10.0 Å². The number of aryl methyl sites for hydroxylation is 1. The number of ether oxygens (including phenoxy) is 1. The highest BCUT2D eigenvalue weighted by Gasteiger charge is 2.13. The van der Waals surface area contributed by atoms with Crippen molar-refractivity contribution in [1.29, 1.82) is 0 Å². The van der Waals surface area contributed by atoms with Gasteiger partial charge in [-0.1, -0.05) is 28.4 Å². The van der Waals surface area contributed by atoms with Crippen LogP contribution in [0, 0.1) is 6.92 Å². The lowest BCUT2D eigenvalue weighted by atomic mass is 10.2. The molecule has 1 heterocycles. The number of halogens is 2. The molecule has 0 aliphatic rings. The van der Waals surface area contributed by atoms with Crippen molar-refractivity contribution in [1.82, 2.24) is 4.98 Å². The Morgan fingerprint density at radius 1 is 1.30 bits per heavy atom. The van der Waals surface area contributed by atoms with Crippen LogP contribution >= 0.6 is 23.2 Å². The second kappa shape index (κ2) is 5.98. The first-order valence-corrected chi connectivity index (χ1v) is 6.35. The van der Waals surface area contributed by atoms with Crippen LogP contribution in [0.15, 0.2) is 35.5 Å². The maximum Gasteiger partial charge on any atom is 0.230 e. The molecule has 0 aliphatic heterocycles. The summed E-state index contributed by atoms with van der Waals surface area (Å²) >= 11 is 11.9. The Hall–Kier alpha value is -1.98. The van der Waals surface area contributed by atoms with E-state index in [9.17, 15) is 0 Å². The highest BCUT2D eigenvalue weighted by molar-refractivity contribution is 6.34. The van der Waals surface area contributed by atoms with E-state index in [-0.39, 0.29) is 11.7 Å². The standard InChI is InChI=1S/C13H11Cl2N3O2/c1-7-2-4-9(12(16)18-19)13(17-7)20-11-6-8(14)3-5-10(11)15/h2-6,19H,1H3,(H2,16,18). The number of aromatic nitrogens is 1. The van der Waals surface area contributed by atoms with Gasteiger partial charge in [0.1, 0.15) is 5.75 Å². The smallest absolute Gasteiger partial charge is 0.230 e. The van der Waals surface area contributed by atoms with Crippen LogP contribution < -0.4 is 10.5 Å². The van der Waals surface area contributed by atoms with E-state index >= 15 is 0 Å². The lowest BCUT2D eigenvalue weighted by Gasteiger charge is -2.11. The molecule has 20 heavy (non-hydrogen) atoms. The van der Waals surface area contributed by atoms with Crippen molar-refractivity contribution in [3.05, 3.63) is 51.6 Å². The maximum atomic E-state index is 8.78. The molecule has 0 bridgehead atoms. The van der Waals surface area contributed by atoms with Crippen LogP contribution in [0.3, 0.4) is 0 Å². The quantitative estimate of drug-likeness (QED) is 0.393. The molecule has 1 aromatic carbocycles. The zero-order chi connectivity index (χ0) is 14.7. The molecule has 7 heteroatoms. The number of benzene rings is 1. The van der Waals surface area contributed by atoms with Gasteiger partial charge in [0, 0.05) is 16.8 Å². The van der Waals surface area contributed by atoms with E-state index < -0.39 is 0 Å². The first kappa shape index (κ1) is 14.4. The predicted octanol–water partition coefficient (Wildman–Crippen LogP) is 3.58. The molecule has 0 fully saturated rings. The van der Waals surface area contributed by atoms with Crippen LogP contribution in [-0.2, 0) is 0 Å². The summed E-state index contributed by atoms with van der Waals surface area (Å²) in [4.78, 5) is 4.21. The average molecular weight is 312 g/mol. The van der Waals surface area contributed by atoms with Crippen molar-refractivity contribution in [3.63, 3.8) is 0 Å². The Morgan fingerprint density at radius 2 is 2.05 bits per heavy atom. The third-order valence-corrected chi connectivity index (χ3v) is 3.03. The first-order valence-electron chi connectivity index (χ1n) is 5.59. The number of amidine groups is 1. The average Bonchev–Trinajstić information content (AvgIpc) is 2.42. The summed E-state index contributed by atoms with van der Waals surface area (Å²) in [5.74, 6) is 0.416. The number of nitrogens with two attached hydrogens (primary N) is 1. The molecule has 0 radical (unpaired) electrons. The highest BCUT2D eigenvalue weighted by Crippen LogP contribution is 2.32. The molecule has 5 nitrogen and oxygen atoms in total. The zero-order valence-electron chi connectivity index (χ0n) is 10.5. The van der Waals surface area contributed by atoms with Crippen molar-refractivity contribution in [2.75, 3.05) is 0 Å². The van der Waals surface area contributed by atoms with E-state index in [0.29, 0.717) is 27.1 Å². The maximum absolute atomic E-state index is 8.78. The topological polar surface area (TPSA) is 80.7 Å². The van der Waals surface area contributed by atoms with Gasteiger partial charge in [-0.25, -0.2) is 4.98 Å². The Balaban J connectivity index is 2.47. The minimum Gasteiger partial charge on any atom is -0.437 e. The second-order valence-corrected chi connectivity index (χ2v) is 4.81. The fourth-order valence-electron chi connectivity index (χ4n) is 1.52. The molecule has 0 aliphatic carbocycles. The summed E-state index contributed by atoms with van der Waals surface area (Å²) in [7, 11) is 0. The molecule has 0 saturated carbocycles. The summed E-state index contributed by atoms with van der Waals surface area (Å²) in [5.41, 5.74) is 6.66. The molecular formula is C13H11Cl2N3O2. The number of hydrogen-bond donors (Lipinski definition) is 2. The second-order valence-electron chi connectivity index (χ2n) is 3.97. The summed E-state index contributed by atoms with van der Waals surface area (Å²) in [6.07, 6.45) is 0. The van der Waals surface area contributed by atoms with Crippen molar-refractivity contribution in [2.45, 2.75) is 6.92 Å². The van der Waals surface area contributed by atoms with Gasteiger partial charge >= 0.3 is 0 Å². The molecule has 1 aromatic heterocycles. The molecule has 0 unspecified atom stereocenters. The van der Waals surface area contributed by atoms with Crippen molar-refractivity contribution in [3.8, 4) is 11.6 Å². The van der Waals surface area contributed by atoms with Gasteiger partial charge in [0.25, 0.3) is 0 Å². The largest absolute Gasteiger partial charge is 0.437 e. The minimum atomic E-state index is -0.106. The van der Waals surface area contributed by atoms with E-state index in [1.807, 2.05) is 0 Å². The normalized spacial score (nSPS) is 11.4. The predicted molar refractivity (Wildman–Crippen MR) is 78.0 cm³/mol. The van der Waals surface area contributed by atoms with Crippen molar-refractivity contribution in [2.24, 2.45) is 10.9 Å². The van der Waals surface area contributed by atoms with Crippen LogP contribution in [-0.4, -0.2) is 16.0 Å². The molecule has 0 atom stereocenters. The Morgan fingerprint density at radius 3 is 2.75 bits per heavy atom. The zero-order valence-corrected chi connectivity index (χ0v) is 12.0. The van der Waals surface area contributed by atoms with Gasteiger partial charge in [-0.05, 0) is 31.2 Å². The Labute approximate surface area is 125 Å². The molecule has 3 N–H and O–H groups in total. The summed E-state index contributed by atoms with van der Waals surface area (Å²) < 4.78 is 5.63.